The van der Waals surface area contributed by atoms with E-state index in [9.17, 15) is 4.79 Å². The summed E-state index contributed by atoms with van der Waals surface area (Å²) in [6.07, 6.45) is 4.25. The number of carbonyl (C=O) groups excluding carboxylic acids is 1. The van der Waals surface area contributed by atoms with Crippen LogP contribution in [0.1, 0.15) is 48.1 Å². The summed E-state index contributed by atoms with van der Waals surface area (Å²) < 4.78 is 0. The van der Waals surface area contributed by atoms with Crippen molar-refractivity contribution in [3.63, 3.8) is 0 Å². The number of fused-ring (bicyclic) bond motifs is 1. The van der Waals surface area contributed by atoms with E-state index in [1.165, 1.54) is 29.5 Å². The standard InChI is InChI=1S/C16H21NOS2/c1-11(20-19)13-4-5-15-10-17(7-6-14(15)9-13)16(18)8-12-2-3-12/h4-5,9,11-12,19H,2-3,6-8,10H2,1H3. The van der Waals surface area contributed by atoms with Gasteiger partial charge in [0.2, 0.25) is 5.91 Å². The fourth-order valence-electron chi connectivity index (χ4n) is 2.80. The molecule has 1 aliphatic heterocycles. The zero-order chi connectivity index (χ0) is 14.1. The Morgan fingerprint density at radius 2 is 2.25 bits per heavy atom. The molecule has 2 aliphatic rings. The Balaban J connectivity index is 1.70. The van der Waals surface area contributed by atoms with Crippen LogP contribution >= 0.6 is 22.5 Å². The van der Waals surface area contributed by atoms with Gasteiger partial charge in [-0.1, -0.05) is 29.0 Å². The second-order valence-electron chi connectivity index (χ2n) is 5.99. The largest absolute Gasteiger partial charge is 0.338 e. The van der Waals surface area contributed by atoms with Crippen LogP contribution in [0.4, 0.5) is 0 Å². The van der Waals surface area contributed by atoms with E-state index < -0.39 is 0 Å². The van der Waals surface area contributed by atoms with Crippen molar-refractivity contribution in [2.45, 2.75) is 44.4 Å². The Labute approximate surface area is 130 Å². The second kappa shape index (κ2) is 6.02. The van der Waals surface area contributed by atoms with E-state index in [1.54, 1.807) is 10.8 Å². The zero-order valence-electron chi connectivity index (χ0n) is 11.8. The summed E-state index contributed by atoms with van der Waals surface area (Å²) in [5, 5.41) is 0.415. The Kier molecular flexibility index (Phi) is 4.32. The first-order chi connectivity index (χ1) is 9.67. The van der Waals surface area contributed by atoms with Crippen molar-refractivity contribution in [3.8, 4) is 0 Å². The van der Waals surface area contributed by atoms with Gasteiger partial charge in [0.1, 0.15) is 0 Å². The van der Waals surface area contributed by atoms with Gasteiger partial charge < -0.3 is 4.90 Å². The molecule has 108 valence electrons. The molecule has 1 amide bonds. The first-order valence-electron chi connectivity index (χ1n) is 7.37. The van der Waals surface area contributed by atoms with Gasteiger partial charge in [-0.25, -0.2) is 0 Å². The van der Waals surface area contributed by atoms with Crippen molar-refractivity contribution in [1.29, 1.82) is 0 Å². The molecule has 0 aromatic heterocycles. The van der Waals surface area contributed by atoms with E-state index in [-0.39, 0.29) is 0 Å². The molecule has 0 saturated heterocycles. The normalized spacial score (nSPS) is 19.6. The van der Waals surface area contributed by atoms with E-state index in [1.807, 2.05) is 4.90 Å². The molecule has 1 aromatic rings. The van der Waals surface area contributed by atoms with Crippen molar-refractivity contribution in [2.24, 2.45) is 5.92 Å². The minimum absolute atomic E-state index is 0.349. The van der Waals surface area contributed by atoms with E-state index in [0.717, 1.165) is 25.9 Å². The smallest absolute Gasteiger partial charge is 0.223 e. The molecule has 0 spiro atoms. The fourth-order valence-corrected chi connectivity index (χ4v) is 3.43. The van der Waals surface area contributed by atoms with Crippen LogP contribution in [0.5, 0.6) is 0 Å². The predicted molar refractivity (Wildman–Crippen MR) is 87.9 cm³/mol. The molecule has 1 heterocycles. The maximum atomic E-state index is 12.2. The third-order valence-corrected chi connectivity index (χ3v) is 5.92. The van der Waals surface area contributed by atoms with Gasteiger partial charge in [-0.15, -0.1) is 11.7 Å². The fraction of sp³-hybridized carbons (Fsp3) is 0.562. The summed E-state index contributed by atoms with van der Waals surface area (Å²) in [6, 6.07) is 6.68. The molecule has 4 heteroatoms. The third kappa shape index (κ3) is 3.17. The molecule has 1 aliphatic carbocycles. The van der Waals surface area contributed by atoms with Gasteiger partial charge in [-0.05, 0) is 48.8 Å². The van der Waals surface area contributed by atoms with Gasteiger partial charge in [0.25, 0.3) is 0 Å². The lowest BCUT2D eigenvalue weighted by atomic mass is 9.96. The number of benzene rings is 1. The lowest BCUT2D eigenvalue weighted by Gasteiger charge is -2.29. The summed E-state index contributed by atoms with van der Waals surface area (Å²) in [5.74, 6) is 1.03. The molecule has 2 nitrogen and oxygen atoms in total. The summed E-state index contributed by atoms with van der Waals surface area (Å²) in [5.41, 5.74) is 4.06. The molecule has 1 saturated carbocycles. The number of carbonyl (C=O) groups is 1. The molecule has 0 radical (unpaired) electrons. The van der Waals surface area contributed by atoms with Crippen LogP contribution in [0.15, 0.2) is 18.2 Å². The summed E-state index contributed by atoms with van der Waals surface area (Å²) >= 11 is 4.30. The van der Waals surface area contributed by atoms with Gasteiger partial charge >= 0.3 is 0 Å². The Morgan fingerprint density at radius 1 is 1.45 bits per heavy atom. The van der Waals surface area contributed by atoms with E-state index in [4.69, 9.17) is 0 Å². The monoisotopic (exact) mass is 307 g/mol. The highest BCUT2D eigenvalue weighted by Crippen LogP contribution is 2.35. The van der Waals surface area contributed by atoms with Gasteiger partial charge in [0, 0.05) is 24.8 Å². The number of nitrogens with zero attached hydrogens (tertiary/aromatic N) is 1. The van der Waals surface area contributed by atoms with Gasteiger partial charge in [0.15, 0.2) is 0 Å². The first-order valence-corrected chi connectivity index (χ1v) is 9.30. The van der Waals surface area contributed by atoms with Crippen molar-refractivity contribution < 1.29 is 4.79 Å². The molecule has 1 atom stereocenters. The highest BCUT2D eigenvalue weighted by atomic mass is 33.1. The molecule has 1 fully saturated rings. The van der Waals surface area contributed by atoms with E-state index in [0.29, 0.717) is 17.1 Å². The lowest BCUT2D eigenvalue weighted by Crippen LogP contribution is -2.36. The Morgan fingerprint density at radius 3 is 2.95 bits per heavy atom. The molecular weight excluding hydrogens is 286 g/mol. The number of hydrogen-bond donors (Lipinski definition) is 1. The number of hydrogen-bond acceptors (Lipinski definition) is 3. The lowest BCUT2D eigenvalue weighted by molar-refractivity contribution is -0.132. The molecule has 0 bridgehead atoms. The Bertz CT molecular complexity index is 513. The van der Waals surface area contributed by atoms with Crippen LogP contribution in [0.3, 0.4) is 0 Å². The number of thiol groups is 1. The number of amides is 1. The highest BCUT2D eigenvalue weighted by Gasteiger charge is 2.28. The third-order valence-electron chi connectivity index (χ3n) is 4.38. The average Bonchev–Trinajstić information content (AvgIpc) is 3.29. The topological polar surface area (TPSA) is 20.3 Å². The molecule has 1 aromatic carbocycles. The van der Waals surface area contributed by atoms with Crippen LogP contribution in [-0.4, -0.2) is 17.4 Å². The van der Waals surface area contributed by atoms with Gasteiger partial charge in [0.05, 0.1) is 0 Å². The quantitative estimate of drug-likeness (QED) is 0.670. The van der Waals surface area contributed by atoms with Crippen LogP contribution < -0.4 is 0 Å². The number of rotatable bonds is 4. The summed E-state index contributed by atoms with van der Waals surface area (Å²) in [7, 11) is 1.58. The van der Waals surface area contributed by atoms with Crippen LogP contribution in [0.25, 0.3) is 0 Å². The molecule has 0 N–H and O–H groups in total. The van der Waals surface area contributed by atoms with Crippen molar-refractivity contribution >= 4 is 28.4 Å². The van der Waals surface area contributed by atoms with Crippen molar-refractivity contribution in [3.05, 3.63) is 34.9 Å². The van der Waals surface area contributed by atoms with Gasteiger partial charge in [-0.3, -0.25) is 4.79 Å². The Hall–Kier alpha value is -0.610. The maximum Gasteiger partial charge on any atom is 0.223 e. The molecule has 3 rings (SSSR count). The maximum absolute atomic E-state index is 12.2. The summed E-state index contributed by atoms with van der Waals surface area (Å²) in [4.78, 5) is 14.2. The van der Waals surface area contributed by atoms with Crippen LogP contribution in [0.2, 0.25) is 0 Å². The SMILES string of the molecule is CC(SS)c1ccc2c(c1)CCN(C(=O)CC1CC1)C2. The van der Waals surface area contributed by atoms with E-state index >= 15 is 0 Å². The van der Waals surface area contributed by atoms with Crippen molar-refractivity contribution in [1.82, 2.24) is 4.90 Å². The highest BCUT2D eigenvalue weighted by molar-refractivity contribution is 8.68. The minimum Gasteiger partial charge on any atom is -0.338 e. The molecular formula is C16H21NOS2. The van der Waals surface area contributed by atoms with Crippen molar-refractivity contribution in [2.75, 3.05) is 6.54 Å². The predicted octanol–water partition coefficient (Wildman–Crippen LogP) is 4.01. The zero-order valence-corrected chi connectivity index (χ0v) is 13.6. The second-order valence-corrected chi connectivity index (χ2v) is 7.54. The van der Waals surface area contributed by atoms with Crippen LogP contribution in [0, 0.1) is 5.92 Å². The van der Waals surface area contributed by atoms with E-state index in [2.05, 4.69) is 36.8 Å². The minimum atomic E-state index is 0.349. The first kappa shape index (κ1) is 14.3. The molecule has 20 heavy (non-hydrogen) atoms. The van der Waals surface area contributed by atoms with Gasteiger partial charge in [-0.2, -0.15) is 0 Å². The van der Waals surface area contributed by atoms with Crippen LogP contribution in [-0.2, 0) is 17.8 Å². The summed E-state index contributed by atoms with van der Waals surface area (Å²) in [6.45, 7) is 3.85. The molecule has 1 unspecified atom stereocenters. The average molecular weight is 307 g/mol.